The lowest BCUT2D eigenvalue weighted by Gasteiger charge is -2.21. The normalized spacial score (nSPS) is 13.9. The largest absolute Gasteiger partial charge is 0.472 e. The molecule has 0 rings (SSSR count). The van der Waals surface area contributed by atoms with Crippen LogP contribution in [-0.4, -0.2) is 96.7 Å². The summed E-state index contributed by atoms with van der Waals surface area (Å²) < 4.78 is 68.6. The van der Waals surface area contributed by atoms with Crippen molar-refractivity contribution >= 4 is 39.5 Å². The van der Waals surface area contributed by atoms with E-state index in [1.54, 1.807) is 0 Å². The Kier molecular flexibility index (Phi) is 73.0. The van der Waals surface area contributed by atoms with E-state index in [1.807, 2.05) is 0 Å². The number of rotatable bonds is 80. The Morgan fingerprint density at radius 2 is 0.480 bits per heavy atom. The summed E-state index contributed by atoms with van der Waals surface area (Å²) in [6, 6.07) is 0. The molecule has 0 amide bonds. The fourth-order valence-corrected chi connectivity index (χ4v) is 13.7. The molecule has 3 N–H and O–H groups in total. The van der Waals surface area contributed by atoms with Crippen molar-refractivity contribution in [1.82, 2.24) is 0 Å². The molecule has 0 saturated heterocycles. The smallest absolute Gasteiger partial charge is 0.462 e. The van der Waals surface area contributed by atoms with Gasteiger partial charge in [0.15, 0.2) is 12.2 Å². The first-order valence-corrected chi connectivity index (χ1v) is 44.6. The second-order valence-electron chi connectivity index (χ2n) is 28.5. The number of carbonyl (C=O) groups is 4. The van der Waals surface area contributed by atoms with Gasteiger partial charge in [-0.05, 0) is 51.4 Å². The van der Waals surface area contributed by atoms with Crippen molar-refractivity contribution in [2.24, 2.45) is 0 Å². The van der Waals surface area contributed by atoms with Gasteiger partial charge in [-0.25, -0.2) is 9.13 Å². The Bertz CT molecular complexity index is 1990. The highest BCUT2D eigenvalue weighted by molar-refractivity contribution is 7.47. The van der Waals surface area contributed by atoms with E-state index in [-0.39, 0.29) is 25.7 Å². The molecular weight excluding hydrogens is 1310 g/mol. The number of phosphoric acid groups is 2. The summed E-state index contributed by atoms with van der Waals surface area (Å²) in [5.41, 5.74) is 0. The summed E-state index contributed by atoms with van der Waals surface area (Å²) in [6.45, 7) is 4.93. The van der Waals surface area contributed by atoms with Crippen LogP contribution >= 0.6 is 15.6 Å². The first kappa shape index (κ1) is 97.5. The predicted molar refractivity (Wildman–Crippen MR) is 409 cm³/mol. The first-order valence-electron chi connectivity index (χ1n) is 41.6. The third kappa shape index (κ3) is 73.8. The molecular formula is C81H154O17P2. The number of carbonyl (C=O) groups excluding carboxylic acids is 4. The van der Waals surface area contributed by atoms with E-state index < -0.39 is 97.5 Å². The van der Waals surface area contributed by atoms with Gasteiger partial charge < -0.3 is 33.8 Å². The maximum Gasteiger partial charge on any atom is 0.472 e. The summed E-state index contributed by atoms with van der Waals surface area (Å²) in [6.07, 6.45) is 70.3. The molecule has 0 heterocycles. The van der Waals surface area contributed by atoms with Gasteiger partial charge in [0.2, 0.25) is 0 Å². The molecule has 0 spiro atoms. The quantitative estimate of drug-likeness (QED) is 0.0169. The van der Waals surface area contributed by atoms with E-state index in [4.69, 9.17) is 37.0 Å². The molecule has 100 heavy (non-hydrogen) atoms. The number of allylic oxidation sites excluding steroid dienone is 4. The Balaban J connectivity index is 5.20. The monoisotopic (exact) mass is 1460 g/mol. The lowest BCUT2D eigenvalue weighted by atomic mass is 10.0. The number of aliphatic hydroxyl groups excluding tert-OH is 1. The average molecular weight is 1460 g/mol. The minimum Gasteiger partial charge on any atom is -0.462 e. The minimum atomic E-state index is -4.97. The van der Waals surface area contributed by atoms with Crippen LogP contribution in [0.1, 0.15) is 413 Å². The van der Waals surface area contributed by atoms with Crippen molar-refractivity contribution in [3.8, 4) is 0 Å². The molecule has 0 aromatic heterocycles. The molecule has 17 nitrogen and oxygen atoms in total. The van der Waals surface area contributed by atoms with Crippen molar-refractivity contribution in [2.45, 2.75) is 431 Å². The number of aliphatic hydroxyl groups is 1. The van der Waals surface area contributed by atoms with Crippen molar-refractivity contribution in [3.63, 3.8) is 0 Å². The van der Waals surface area contributed by atoms with E-state index in [0.29, 0.717) is 25.7 Å². The van der Waals surface area contributed by atoms with Gasteiger partial charge in [0, 0.05) is 25.7 Å². The number of unbranched alkanes of at least 4 members (excludes halogenated alkanes) is 51. The van der Waals surface area contributed by atoms with Gasteiger partial charge in [-0.3, -0.25) is 37.3 Å². The second-order valence-corrected chi connectivity index (χ2v) is 31.4. The first-order chi connectivity index (χ1) is 48.7. The zero-order valence-corrected chi connectivity index (χ0v) is 66.5. The van der Waals surface area contributed by atoms with Gasteiger partial charge in [-0.2, -0.15) is 0 Å². The zero-order valence-electron chi connectivity index (χ0n) is 64.7. The van der Waals surface area contributed by atoms with Gasteiger partial charge in [0.1, 0.15) is 19.3 Å². The summed E-state index contributed by atoms with van der Waals surface area (Å²) >= 11 is 0. The van der Waals surface area contributed by atoms with Crippen LogP contribution in [0.4, 0.5) is 0 Å². The maximum absolute atomic E-state index is 13.1. The Morgan fingerprint density at radius 3 is 0.730 bits per heavy atom. The topological polar surface area (TPSA) is 237 Å². The molecule has 0 fully saturated rings. The van der Waals surface area contributed by atoms with Crippen LogP contribution in [-0.2, 0) is 65.4 Å². The maximum atomic E-state index is 13.1. The van der Waals surface area contributed by atoms with Crippen molar-refractivity contribution in [1.29, 1.82) is 0 Å². The van der Waals surface area contributed by atoms with Gasteiger partial charge in [0.05, 0.1) is 26.4 Å². The fraction of sp³-hybridized carbons (Fsp3) is 0.901. The second kappa shape index (κ2) is 74.8. The molecule has 0 aromatic carbocycles. The Labute approximate surface area is 612 Å². The summed E-state index contributed by atoms with van der Waals surface area (Å²) in [5, 5.41) is 10.6. The number of hydrogen-bond acceptors (Lipinski definition) is 15. The summed E-state index contributed by atoms with van der Waals surface area (Å²) in [5.74, 6) is -2.14. The predicted octanol–water partition coefficient (Wildman–Crippen LogP) is 24.1. The van der Waals surface area contributed by atoms with Crippen LogP contribution in [0.2, 0.25) is 0 Å². The highest BCUT2D eigenvalue weighted by atomic mass is 31.2. The Morgan fingerprint density at radius 1 is 0.280 bits per heavy atom. The molecule has 2 unspecified atom stereocenters. The third-order valence-electron chi connectivity index (χ3n) is 18.5. The third-order valence-corrected chi connectivity index (χ3v) is 20.4. The van der Waals surface area contributed by atoms with Gasteiger partial charge in [-0.1, -0.05) is 360 Å². The highest BCUT2D eigenvalue weighted by Crippen LogP contribution is 2.45. The molecule has 0 aliphatic carbocycles. The van der Waals surface area contributed by atoms with Crippen LogP contribution in [0, 0.1) is 0 Å². The number of ether oxygens (including phenoxy) is 4. The standard InChI is InChI=1S/C81H154O17P2/c1-5-9-13-17-21-25-28-31-34-35-36-37-38-39-40-43-46-49-52-56-60-64-68-81(86)98-77(72-92-79(84)66-62-58-54-50-47-44-41-32-29-26-22-18-14-10-6-2)74-96-100(89,90)94-70-75(82)69-93-99(87,88)95-73-76(71-91-78(83)65-61-57-53-24-20-16-12-8-4)97-80(85)67-63-59-55-51-48-45-42-33-30-27-23-19-15-11-7-3/h26,29,32,41,75-77,82H,5-25,27-28,30-31,33-40,42-74H2,1-4H3,(H,87,88)(H,89,90)/b29-26-,41-32-/t75-,76+,77+/m0/s1. The van der Waals surface area contributed by atoms with Gasteiger partial charge in [-0.15, -0.1) is 0 Å². The fourth-order valence-electron chi connectivity index (χ4n) is 12.1. The van der Waals surface area contributed by atoms with E-state index in [2.05, 4.69) is 52.0 Å². The van der Waals surface area contributed by atoms with Crippen LogP contribution in [0.3, 0.4) is 0 Å². The van der Waals surface area contributed by atoms with E-state index >= 15 is 0 Å². The molecule has 0 aliphatic heterocycles. The van der Waals surface area contributed by atoms with Gasteiger partial charge >= 0.3 is 39.5 Å². The molecule has 590 valence electrons. The van der Waals surface area contributed by atoms with E-state index in [1.165, 1.54) is 218 Å². The summed E-state index contributed by atoms with van der Waals surface area (Å²) in [4.78, 5) is 72.9. The number of phosphoric ester groups is 2. The van der Waals surface area contributed by atoms with Crippen molar-refractivity contribution in [2.75, 3.05) is 39.6 Å². The van der Waals surface area contributed by atoms with Gasteiger partial charge in [0.25, 0.3) is 0 Å². The Hall–Kier alpha value is -2.46. The highest BCUT2D eigenvalue weighted by Gasteiger charge is 2.30. The average Bonchev–Trinajstić information content (AvgIpc) is 0.947. The van der Waals surface area contributed by atoms with Crippen LogP contribution in [0.15, 0.2) is 24.3 Å². The summed E-state index contributed by atoms with van der Waals surface area (Å²) in [7, 11) is -9.92. The van der Waals surface area contributed by atoms with Crippen LogP contribution < -0.4 is 0 Å². The van der Waals surface area contributed by atoms with Crippen LogP contribution in [0.5, 0.6) is 0 Å². The van der Waals surface area contributed by atoms with Crippen molar-refractivity contribution in [3.05, 3.63) is 24.3 Å². The molecule has 0 aromatic rings. The SMILES string of the molecule is CCCCCC/C=C\C=C/CCCCCCCC(=O)OC[C@H](COP(=O)(O)OC[C@@H](O)COP(=O)(O)OC[C@@H](COC(=O)CCCCCCCCCC)OC(=O)CCCCCCCCCCCCCCCCC)OC(=O)CCCCCCCCCCCCCCCCCCCCCCCC. The molecule has 0 saturated carbocycles. The van der Waals surface area contributed by atoms with E-state index in [9.17, 15) is 43.2 Å². The molecule has 0 bridgehead atoms. The number of hydrogen-bond donors (Lipinski definition) is 3. The lowest BCUT2D eigenvalue weighted by Crippen LogP contribution is -2.30. The minimum absolute atomic E-state index is 0.103. The van der Waals surface area contributed by atoms with Crippen LogP contribution in [0.25, 0.3) is 0 Å². The van der Waals surface area contributed by atoms with Crippen molar-refractivity contribution < 1.29 is 80.2 Å². The zero-order chi connectivity index (χ0) is 73.2. The molecule has 5 atom stereocenters. The molecule has 19 heteroatoms. The lowest BCUT2D eigenvalue weighted by molar-refractivity contribution is -0.161. The molecule has 0 aliphatic rings. The van der Waals surface area contributed by atoms with E-state index in [0.717, 1.165) is 116 Å². The molecule has 0 radical (unpaired) electrons. The number of esters is 4.